The number of hydrogen-bond acceptors (Lipinski definition) is 4. The number of fused-ring (bicyclic) bond motifs is 1. The predicted octanol–water partition coefficient (Wildman–Crippen LogP) is 4.08. The number of carbonyl (C=O) groups excluding carboxylic acids is 1. The largest absolute Gasteiger partial charge is 0.353 e. The van der Waals surface area contributed by atoms with Gasteiger partial charge in [0.05, 0.1) is 11.5 Å². The average Bonchev–Trinajstić information content (AvgIpc) is 3.00. The molecule has 0 saturated heterocycles. The zero-order valence-electron chi connectivity index (χ0n) is 15.2. The van der Waals surface area contributed by atoms with Crippen LogP contribution in [-0.4, -0.2) is 32.2 Å². The molecule has 1 saturated carbocycles. The number of amides is 1. The molecule has 0 bridgehead atoms. The Morgan fingerprint density at radius 3 is 2.96 bits per heavy atom. The molecule has 0 aromatic carbocycles. The van der Waals surface area contributed by atoms with Crippen LogP contribution in [0.2, 0.25) is 0 Å². The van der Waals surface area contributed by atoms with Gasteiger partial charge in [0.15, 0.2) is 5.65 Å². The van der Waals surface area contributed by atoms with E-state index < -0.39 is 0 Å². The first-order chi connectivity index (χ1) is 12.2. The summed E-state index contributed by atoms with van der Waals surface area (Å²) in [6.07, 6.45) is 9.10. The summed E-state index contributed by atoms with van der Waals surface area (Å²) in [5, 5.41) is 3.02. The molecule has 2 aromatic heterocycles. The van der Waals surface area contributed by atoms with E-state index in [1.54, 1.807) is 11.8 Å². The molecular weight excluding hydrogens is 332 g/mol. The number of nitrogens with zero attached hydrogens (tertiary/aromatic N) is 3. The van der Waals surface area contributed by atoms with Crippen LogP contribution in [0.3, 0.4) is 0 Å². The summed E-state index contributed by atoms with van der Waals surface area (Å²) in [6, 6.07) is 4.71. The van der Waals surface area contributed by atoms with E-state index in [1.165, 1.54) is 32.1 Å². The van der Waals surface area contributed by atoms with Crippen LogP contribution in [0.25, 0.3) is 11.2 Å². The fourth-order valence-corrected chi connectivity index (χ4v) is 4.21. The van der Waals surface area contributed by atoms with Crippen molar-refractivity contribution < 1.29 is 4.79 Å². The molecule has 0 radical (unpaired) electrons. The number of hydrogen-bond donors (Lipinski definition) is 1. The molecule has 0 spiro atoms. The van der Waals surface area contributed by atoms with Crippen molar-refractivity contribution >= 4 is 28.8 Å². The van der Waals surface area contributed by atoms with Gasteiger partial charge >= 0.3 is 0 Å². The van der Waals surface area contributed by atoms with Crippen LogP contribution in [0.15, 0.2) is 18.3 Å². The van der Waals surface area contributed by atoms with Crippen LogP contribution in [0.5, 0.6) is 0 Å². The Hall–Kier alpha value is -1.56. The summed E-state index contributed by atoms with van der Waals surface area (Å²) in [5.41, 5.74) is 1.96. The second kappa shape index (κ2) is 8.70. The van der Waals surface area contributed by atoms with E-state index in [4.69, 9.17) is 4.98 Å². The number of pyridine rings is 1. The maximum Gasteiger partial charge on any atom is 0.230 e. The first-order valence-electron chi connectivity index (χ1n) is 9.38. The van der Waals surface area contributed by atoms with Gasteiger partial charge in [0, 0.05) is 18.3 Å². The third-order valence-corrected chi connectivity index (χ3v) is 5.87. The van der Waals surface area contributed by atoms with Crippen molar-refractivity contribution in [2.45, 2.75) is 70.2 Å². The van der Waals surface area contributed by atoms with E-state index in [0.29, 0.717) is 11.8 Å². The number of aromatic nitrogens is 3. The molecule has 5 nitrogen and oxygen atoms in total. The lowest BCUT2D eigenvalue weighted by atomic mass is 9.95. The maximum absolute atomic E-state index is 12.0. The van der Waals surface area contributed by atoms with Gasteiger partial charge in [-0.25, -0.2) is 9.97 Å². The van der Waals surface area contributed by atoms with Crippen LogP contribution < -0.4 is 5.32 Å². The molecular formula is C19H28N4OS. The Kier molecular flexibility index (Phi) is 6.34. The van der Waals surface area contributed by atoms with E-state index in [-0.39, 0.29) is 11.9 Å². The van der Waals surface area contributed by atoms with Crippen molar-refractivity contribution in [2.75, 3.05) is 5.75 Å². The van der Waals surface area contributed by atoms with Crippen molar-refractivity contribution in [3.63, 3.8) is 0 Å². The van der Waals surface area contributed by atoms with E-state index in [1.807, 2.05) is 25.3 Å². The topological polar surface area (TPSA) is 59.8 Å². The summed E-state index contributed by atoms with van der Waals surface area (Å²) in [6.45, 7) is 4.12. The maximum atomic E-state index is 12.0. The number of carbonyl (C=O) groups is 1. The van der Waals surface area contributed by atoms with Gasteiger partial charge in [-0.1, -0.05) is 26.2 Å². The molecule has 6 heteroatoms. The fraction of sp³-hybridized carbons (Fsp3) is 0.632. The van der Waals surface area contributed by atoms with Gasteiger partial charge in [0.1, 0.15) is 11.3 Å². The minimum Gasteiger partial charge on any atom is -0.353 e. The molecule has 25 heavy (non-hydrogen) atoms. The summed E-state index contributed by atoms with van der Waals surface area (Å²) >= 11 is 1.64. The first kappa shape index (κ1) is 18.2. The second-order valence-electron chi connectivity index (χ2n) is 6.91. The van der Waals surface area contributed by atoms with Crippen molar-refractivity contribution in [1.29, 1.82) is 0 Å². The van der Waals surface area contributed by atoms with E-state index in [9.17, 15) is 4.79 Å². The summed E-state index contributed by atoms with van der Waals surface area (Å²) in [7, 11) is 0. The molecule has 1 fully saturated rings. The van der Waals surface area contributed by atoms with Gasteiger partial charge in [-0.2, -0.15) is 0 Å². The number of thioether (sulfide) groups is 1. The van der Waals surface area contributed by atoms with Crippen LogP contribution >= 0.6 is 11.8 Å². The highest BCUT2D eigenvalue weighted by Gasteiger charge is 2.22. The number of imidazole rings is 1. The minimum atomic E-state index is 0.109. The quantitative estimate of drug-likeness (QED) is 0.808. The Balaban J connectivity index is 1.71. The lowest BCUT2D eigenvalue weighted by molar-refractivity contribution is -0.119. The van der Waals surface area contributed by atoms with Gasteiger partial charge < -0.3 is 9.88 Å². The third-order valence-electron chi connectivity index (χ3n) is 4.95. The lowest BCUT2D eigenvalue weighted by Gasteiger charge is -2.25. The molecule has 2 heterocycles. The van der Waals surface area contributed by atoms with Crippen LogP contribution in [0.4, 0.5) is 0 Å². The van der Waals surface area contributed by atoms with E-state index in [0.717, 1.165) is 29.2 Å². The monoisotopic (exact) mass is 360 g/mol. The highest BCUT2D eigenvalue weighted by atomic mass is 32.2. The van der Waals surface area contributed by atoms with Gasteiger partial charge in [-0.15, -0.1) is 11.8 Å². The first-order valence-corrected chi connectivity index (χ1v) is 10.5. The lowest BCUT2D eigenvalue weighted by Crippen LogP contribution is -2.33. The molecule has 1 aliphatic carbocycles. The van der Waals surface area contributed by atoms with Gasteiger partial charge in [-0.05, 0) is 38.3 Å². The molecule has 2 aromatic rings. The van der Waals surface area contributed by atoms with Crippen molar-refractivity contribution in [1.82, 2.24) is 19.9 Å². The Morgan fingerprint density at radius 2 is 2.20 bits per heavy atom. The molecule has 0 aliphatic heterocycles. The fourth-order valence-electron chi connectivity index (χ4n) is 3.45. The van der Waals surface area contributed by atoms with E-state index in [2.05, 4.69) is 21.8 Å². The van der Waals surface area contributed by atoms with Crippen molar-refractivity contribution in [2.24, 2.45) is 0 Å². The van der Waals surface area contributed by atoms with Crippen molar-refractivity contribution in [3.05, 3.63) is 24.2 Å². The summed E-state index contributed by atoms with van der Waals surface area (Å²) < 4.78 is 2.34. The van der Waals surface area contributed by atoms with Gasteiger partial charge in [0.25, 0.3) is 0 Å². The zero-order valence-corrected chi connectivity index (χ0v) is 16.0. The van der Waals surface area contributed by atoms with Gasteiger partial charge in [0.2, 0.25) is 5.91 Å². The number of rotatable bonds is 7. The second-order valence-corrected chi connectivity index (χ2v) is 7.89. The molecule has 1 N–H and O–H groups in total. The third kappa shape index (κ3) is 4.54. The van der Waals surface area contributed by atoms with Crippen LogP contribution in [0, 0.1) is 0 Å². The molecule has 3 rings (SSSR count). The Bertz CT molecular complexity index is 709. The normalized spacial score (nSPS) is 16.9. The minimum absolute atomic E-state index is 0.109. The Morgan fingerprint density at radius 1 is 1.40 bits per heavy atom. The molecule has 136 valence electrons. The zero-order chi connectivity index (χ0) is 17.6. The standard InChI is InChI=1S/C19H28N4OS/c1-3-14(2)21-18(24)13-25-12-17-22-16-10-7-11-20-19(16)23(17)15-8-5-4-6-9-15/h7,10-11,14-15H,3-6,8-9,12-13H2,1-2H3,(H,21,24). The highest BCUT2D eigenvalue weighted by Crippen LogP contribution is 2.32. The smallest absolute Gasteiger partial charge is 0.230 e. The molecule has 1 aliphatic rings. The number of nitrogens with one attached hydrogen (secondary N) is 1. The Labute approximate surface area is 154 Å². The molecule has 1 unspecified atom stereocenters. The van der Waals surface area contributed by atoms with Crippen LogP contribution in [0.1, 0.15) is 64.2 Å². The summed E-state index contributed by atoms with van der Waals surface area (Å²) in [5.74, 6) is 2.40. The highest BCUT2D eigenvalue weighted by molar-refractivity contribution is 7.99. The van der Waals surface area contributed by atoms with Crippen molar-refractivity contribution in [3.8, 4) is 0 Å². The average molecular weight is 361 g/mol. The molecule has 1 atom stereocenters. The SMILES string of the molecule is CCC(C)NC(=O)CSCc1nc2cccnc2n1C1CCCCC1. The van der Waals surface area contributed by atoms with Crippen LogP contribution in [-0.2, 0) is 10.5 Å². The molecule has 1 amide bonds. The van der Waals surface area contributed by atoms with E-state index >= 15 is 0 Å². The van der Waals surface area contributed by atoms with Gasteiger partial charge in [-0.3, -0.25) is 4.79 Å². The summed E-state index contributed by atoms with van der Waals surface area (Å²) in [4.78, 5) is 21.4. The predicted molar refractivity (Wildman–Crippen MR) is 104 cm³/mol.